The predicted molar refractivity (Wildman–Crippen MR) is 88.8 cm³/mol. The third kappa shape index (κ3) is 2.27. The van der Waals surface area contributed by atoms with Crippen molar-refractivity contribution in [3.05, 3.63) is 57.7 Å². The van der Waals surface area contributed by atoms with Gasteiger partial charge >= 0.3 is 0 Å². The second-order valence-electron chi connectivity index (χ2n) is 5.98. The van der Waals surface area contributed by atoms with Crippen molar-refractivity contribution >= 4 is 21.7 Å². The van der Waals surface area contributed by atoms with Crippen LogP contribution in [0.3, 0.4) is 0 Å². The molecule has 4 rings (SSSR count). The minimum atomic E-state index is 0.412. The molecule has 108 valence electrons. The predicted octanol–water partition coefficient (Wildman–Crippen LogP) is 3.24. The van der Waals surface area contributed by atoms with Crippen LogP contribution in [0.25, 0.3) is 0 Å². The molecule has 1 atom stereocenters. The fourth-order valence-electron chi connectivity index (χ4n) is 3.53. The van der Waals surface area contributed by atoms with E-state index in [1.807, 2.05) is 6.20 Å². The first-order valence-corrected chi connectivity index (χ1v) is 8.19. The Labute approximate surface area is 133 Å². The number of benzene rings is 1. The fourth-order valence-corrected chi connectivity index (χ4v) is 3.91. The Kier molecular flexibility index (Phi) is 3.23. The van der Waals surface area contributed by atoms with Gasteiger partial charge in [0, 0.05) is 42.3 Å². The first-order valence-electron chi connectivity index (χ1n) is 7.40. The third-order valence-corrected chi connectivity index (χ3v) is 4.99. The van der Waals surface area contributed by atoms with Crippen molar-refractivity contribution in [1.82, 2.24) is 9.88 Å². The molecule has 1 fully saturated rings. The van der Waals surface area contributed by atoms with E-state index in [1.54, 1.807) is 0 Å². The number of rotatable bonds is 0. The van der Waals surface area contributed by atoms with Crippen LogP contribution in [0.5, 0.6) is 0 Å². The molecular formula is C17H18BrN3. The summed E-state index contributed by atoms with van der Waals surface area (Å²) in [6.07, 6.45) is 2.89. The van der Waals surface area contributed by atoms with Crippen LogP contribution in [-0.2, 0) is 6.42 Å². The summed E-state index contributed by atoms with van der Waals surface area (Å²) in [4.78, 5) is 9.64. The number of fused-ring (bicyclic) bond motifs is 5. The highest BCUT2D eigenvalue weighted by atomic mass is 79.9. The van der Waals surface area contributed by atoms with Crippen molar-refractivity contribution in [2.45, 2.75) is 12.5 Å². The van der Waals surface area contributed by atoms with Gasteiger partial charge in [-0.1, -0.05) is 24.3 Å². The molecule has 21 heavy (non-hydrogen) atoms. The Morgan fingerprint density at radius 2 is 2.05 bits per heavy atom. The number of nitrogens with zero attached hydrogens (tertiary/aromatic N) is 3. The van der Waals surface area contributed by atoms with Crippen LogP contribution in [0.1, 0.15) is 22.7 Å². The van der Waals surface area contributed by atoms with Crippen molar-refractivity contribution in [3.8, 4) is 0 Å². The molecule has 0 radical (unpaired) electrons. The first-order chi connectivity index (χ1) is 10.2. The Balaban J connectivity index is 1.90. The summed E-state index contributed by atoms with van der Waals surface area (Å²) in [5.74, 6) is 1.16. The molecule has 0 bridgehead atoms. The SMILES string of the molecule is CN1CCN2c3ncc(Br)cc3Cc3ccccc3C2C1. The van der Waals surface area contributed by atoms with E-state index in [2.05, 4.69) is 63.1 Å². The molecule has 1 aromatic heterocycles. The van der Waals surface area contributed by atoms with Crippen LogP contribution in [0.2, 0.25) is 0 Å². The number of pyridine rings is 1. The normalized spacial score (nSPS) is 21.2. The van der Waals surface area contributed by atoms with Gasteiger partial charge in [-0.2, -0.15) is 0 Å². The zero-order valence-corrected chi connectivity index (χ0v) is 13.7. The van der Waals surface area contributed by atoms with E-state index in [9.17, 15) is 0 Å². The molecule has 1 saturated heterocycles. The lowest BCUT2D eigenvalue weighted by Gasteiger charge is -2.41. The lowest BCUT2D eigenvalue weighted by molar-refractivity contribution is 0.268. The minimum Gasteiger partial charge on any atom is -0.347 e. The molecule has 0 amide bonds. The summed E-state index contributed by atoms with van der Waals surface area (Å²) in [5, 5.41) is 0. The number of aromatic nitrogens is 1. The lowest BCUT2D eigenvalue weighted by Crippen LogP contribution is -2.47. The number of piperazine rings is 1. The van der Waals surface area contributed by atoms with E-state index in [0.29, 0.717) is 6.04 Å². The summed E-state index contributed by atoms with van der Waals surface area (Å²) in [6.45, 7) is 3.20. The van der Waals surface area contributed by atoms with Gasteiger partial charge in [0.15, 0.2) is 0 Å². The molecule has 3 nitrogen and oxygen atoms in total. The van der Waals surface area contributed by atoms with Crippen molar-refractivity contribution in [1.29, 1.82) is 0 Å². The zero-order chi connectivity index (χ0) is 14.4. The number of hydrogen-bond donors (Lipinski definition) is 0. The number of hydrogen-bond acceptors (Lipinski definition) is 3. The molecule has 1 unspecified atom stereocenters. The topological polar surface area (TPSA) is 19.4 Å². The van der Waals surface area contributed by atoms with Gasteiger partial charge in [0.1, 0.15) is 5.82 Å². The molecule has 4 heteroatoms. The highest BCUT2D eigenvalue weighted by molar-refractivity contribution is 9.10. The average Bonchev–Trinajstić information content (AvgIpc) is 2.61. The largest absolute Gasteiger partial charge is 0.347 e. The van der Waals surface area contributed by atoms with Crippen molar-refractivity contribution in [2.75, 3.05) is 31.6 Å². The third-order valence-electron chi connectivity index (χ3n) is 4.56. The molecule has 0 saturated carbocycles. The Morgan fingerprint density at radius 3 is 2.95 bits per heavy atom. The van der Waals surface area contributed by atoms with Crippen molar-refractivity contribution in [2.24, 2.45) is 0 Å². The molecule has 0 spiro atoms. The van der Waals surface area contributed by atoms with Gasteiger partial charge in [-0.15, -0.1) is 0 Å². The monoisotopic (exact) mass is 343 g/mol. The van der Waals surface area contributed by atoms with E-state index in [4.69, 9.17) is 4.98 Å². The molecule has 2 aromatic rings. The van der Waals surface area contributed by atoms with Crippen LogP contribution in [0.15, 0.2) is 41.0 Å². The van der Waals surface area contributed by atoms with Gasteiger partial charge in [0.05, 0.1) is 6.04 Å². The van der Waals surface area contributed by atoms with Gasteiger partial charge in [-0.3, -0.25) is 0 Å². The van der Waals surface area contributed by atoms with E-state index in [1.165, 1.54) is 16.7 Å². The summed E-state index contributed by atoms with van der Waals surface area (Å²) < 4.78 is 1.06. The Morgan fingerprint density at radius 1 is 1.19 bits per heavy atom. The maximum Gasteiger partial charge on any atom is 0.132 e. The van der Waals surface area contributed by atoms with E-state index in [0.717, 1.165) is 36.3 Å². The molecule has 0 N–H and O–H groups in total. The standard InChI is InChI=1S/C17H18BrN3/c1-20-6-7-21-16(11-20)15-5-3-2-4-12(15)8-13-9-14(18)10-19-17(13)21/h2-5,9-10,16H,6-8,11H2,1H3. The Bertz CT molecular complexity index is 685. The fraction of sp³-hybridized carbons (Fsp3) is 0.353. The highest BCUT2D eigenvalue weighted by Gasteiger charge is 2.32. The van der Waals surface area contributed by atoms with Crippen LogP contribution < -0.4 is 4.90 Å². The molecule has 0 aliphatic carbocycles. The first kappa shape index (κ1) is 13.3. The van der Waals surface area contributed by atoms with Crippen LogP contribution in [0, 0.1) is 0 Å². The van der Waals surface area contributed by atoms with E-state index < -0.39 is 0 Å². The molecule has 2 aliphatic heterocycles. The maximum atomic E-state index is 4.73. The summed E-state index contributed by atoms with van der Waals surface area (Å²) in [6, 6.07) is 11.5. The van der Waals surface area contributed by atoms with E-state index in [-0.39, 0.29) is 0 Å². The second kappa shape index (κ2) is 5.11. The van der Waals surface area contributed by atoms with Crippen molar-refractivity contribution in [3.63, 3.8) is 0 Å². The van der Waals surface area contributed by atoms with Gasteiger partial charge in [-0.05, 0) is 40.2 Å². The van der Waals surface area contributed by atoms with Gasteiger partial charge in [0.25, 0.3) is 0 Å². The average molecular weight is 344 g/mol. The molecule has 3 heterocycles. The van der Waals surface area contributed by atoms with Crippen LogP contribution in [-0.4, -0.2) is 36.6 Å². The van der Waals surface area contributed by atoms with Crippen LogP contribution >= 0.6 is 15.9 Å². The number of anilines is 1. The van der Waals surface area contributed by atoms with Crippen LogP contribution in [0.4, 0.5) is 5.82 Å². The number of likely N-dealkylation sites (N-methyl/N-ethyl adjacent to an activating group) is 1. The smallest absolute Gasteiger partial charge is 0.132 e. The Hall–Kier alpha value is -1.39. The summed E-state index contributed by atoms with van der Waals surface area (Å²) >= 11 is 3.56. The van der Waals surface area contributed by atoms with Gasteiger partial charge in [-0.25, -0.2) is 4.98 Å². The van der Waals surface area contributed by atoms with Gasteiger partial charge in [0.2, 0.25) is 0 Å². The lowest BCUT2D eigenvalue weighted by atomic mass is 9.96. The molecule has 1 aromatic carbocycles. The molecule has 2 aliphatic rings. The second-order valence-corrected chi connectivity index (χ2v) is 6.90. The van der Waals surface area contributed by atoms with Gasteiger partial charge < -0.3 is 9.80 Å². The van der Waals surface area contributed by atoms with Crippen molar-refractivity contribution < 1.29 is 0 Å². The highest BCUT2D eigenvalue weighted by Crippen LogP contribution is 2.38. The summed E-state index contributed by atoms with van der Waals surface area (Å²) in [7, 11) is 2.21. The van der Waals surface area contributed by atoms with E-state index >= 15 is 0 Å². The summed E-state index contributed by atoms with van der Waals surface area (Å²) in [5.41, 5.74) is 4.21. The molecular weight excluding hydrogens is 326 g/mol. The minimum absolute atomic E-state index is 0.412. The maximum absolute atomic E-state index is 4.73. The number of halogens is 1. The quantitative estimate of drug-likeness (QED) is 0.731. The zero-order valence-electron chi connectivity index (χ0n) is 12.1.